The normalized spacial score (nSPS) is 14.6. The van der Waals surface area contributed by atoms with Crippen LogP contribution in [0.4, 0.5) is 5.69 Å². The summed E-state index contributed by atoms with van der Waals surface area (Å²) < 4.78 is 1.95. The zero-order chi connectivity index (χ0) is 18.5. The van der Waals surface area contributed by atoms with Gasteiger partial charge in [0.1, 0.15) is 6.04 Å². The van der Waals surface area contributed by atoms with E-state index >= 15 is 0 Å². The Morgan fingerprint density at radius 2 is 2.07 bits per heavy atom. The number of aromatic nitrogens is 3. The van der Waals surface area contributed by atoms with Crippen molar-refractivity contribution in [2.75, 3.05) is 24.5 Å². The predicted molar refractivity (Wildman–Crippen MR) is 106 cm³/mol. The number of nitrogens with one attached hydrogen (secondary N) is 2. The number of H-pyrrole nitrogens is 1. The van der Waals surface area contributed by atoms with Gasteiger partial charge in [0.15, 0.2) is 0 Å². The van der Waals surface area contributed by atoms with Crippen molar-refractivity contribution < 1.29 is 4.79 Å². The molecule has 0 saturated carbocycles. The van der Waals surface area contributed by atoms with Gasteiger partial charge in [0, 0.05) is 56.0 Å². The van der Waals surface area contributed by atoms with Gasteiger partial charge in [0.25, 0.3) is 0 Å². The van der Waals surface area contributed by atoms with Crippen molar-refractivity contribution in [1.29, 1.82) is 0 Å². The lowest BCUT2D eigenvalue weighted by Crippen LogP contribution is -2.40. The van der Waals surface area contributed by atoms with Crippen molar-refractivity contribution in [3.63, 3.8) is 0 Å². The fourth-order valence-electron chi connectivity index (χ4n) is 3.77. The molecule has 1 aliphatic heterocycles. The zero-order valence-electron chi connectivity index (χ0n) is 15.3. The number of carbonyl (C=O) groups is 1. The van der Waals surface area contributed by atoms with E-state index in [0.29, 0.717) is 13.0 Å². The summed E-state index contributed by atoms with van der Waals surface area (Å²) in [7, 11) is 0. The second kappa shape index (κ2) is 8.12. The van der Waals surface area contributed by atoms with Crippen LogP contribution in [0.3, 0.4) is 0 Å². The Morgan fingerprint density at radius 3 is 2.89 bits per heavy atom. The Balaban J connectivity index is 1.37. The first-order chi connectivity index (χ1) is 13.3. The van der Waals surface area contributed by atoms with Gasteiger partial charge < -0.3 is 19.8 Å². The van der Waals surface area contributed by atoms with Crippen LogP contribution in [0.2, 0.25) is 0 Å². The van der Waals surface area contributed by atoms with Crippen LogP contribution < -0.4 is 10.2 Å². The predicted octanol–water partition coefficient (Wildman–Crippen LogP) is 2.56. The molecule has 2 N–H and O–H groups in total. The van der Waals surface area contributed by atoms with Crippen molar-refractivity contribution >= 4 is 11.6 Å². The summed E-state index contributed by atoms with van der Waals surface area (Å²) >= 11 is 0. The number of carbonyl (C=O) groups excluding carboxylic acids is 1. The monoisotopic (exact) mass is 363 g/mol. The number of hydrogen-bond donors (Lipinski definition) is 2. The van der Waals surface area contributed by atoms with Gasteiger partial charge in [0.2, 0.25) is 5.91 Å². The Morgan fingerprint density at radius 1 is 1.22 bits per heavy atom. The number of para-hydroxylation sites is 1. The lowest BCUT2D eigenvalue weighted by Gasteiger charge is -2.31. The lowest BCUT2D eigenvalue weighted by molar-refractivity contribution is -0.124. The van der Waals surface area contributed by atoms with Crippen molar-refractivity contribution in [3.05, 3.63) is 72.6 Å². The molecule has 1 aromatic carbocycles. The molecule has 1 atom stereocenters. The number of benzene rings is 1. The van der Waals surface area contributed by atoms with E-state index in [2.05, 4.69) is 44.5 Å². The molecule has 3 heterocycles. The molecule has 6 nitrogen and oxygen atoms in total. The Bertz CT molecular complexity index is 857. The van der Waals surface area contributed by atoms with Gasteiger partial charge in [-0.25, -0.2) is 4.98 Å². The third-order valence-corrected chi connectivity index (χ3v) is 5.15. The third-order valence-electron chi connectivity index (χ3n) is 5.15. The zero-order valence-corrected chi connectivity index (χ0v) is 15.3. The maximum absolute atomic E-state index is 12.9. The van der Waals surface area contributed by atoms with Crippen molar-refractivity contribution in [2.24, 2.45) is 0 Å². The molecule has 0 fully saturated rings. The molecular weight excluding hydrogens is 338 g/mol. The van der Waals surface area contributed by atoms with Gasteiger partial charge in [-0.15, -0.1) is 0 Å². The molecule has 0 aliphatic carbocycles. The minimum absolute atomic E-state index is 0.0334. The number of aryl methyl sites for hydroxylation is 1. The first-order valence-electron chi connectivity index (χ1n) is 9.51. The number of hydrogen-bond acceptors (Lipinski definition) is 3. The number of imidazole rings is 1. The fourth-order valence-corrected chi connectivity index (χ4v) is 3.77. The maximum atomic E-state index is 12.9. The third kappa shape index (κ3) is 4.05. The van der Waals surface area contributed by atoms with E-state index in [0.717, 1.165) is 31.6 Å². The van der Waals surface area contributed by atoms with Crippen LogP contribution in [0.15, 0.2) is 61.3 Å². The number of fused-ring (bicyclic) bond motifs is 1. The van der Waals surface area contributed by atoms with Gasteiger partial charge >= 0.3 is 0 Å². The average Bonchev–Trinajstić information content (AvgIpc) is 3.40. The summed E-state index contributed by atoms with van der Waals surface area (Å²) in [5.41, 5.74) is 3.66. The van der Waals surface area contributed by atoms with E-state index in [1.54, 1.807) is 12.5 Å². The van der Waals surface area contributed by atoms with Crippen LogP contribution in [0.1, 0.15) is 23.7 Å². The minimum atomic E-state index is -0.283. The molecule has 0 radical (unpaired) electrons. The number of aromatic amines is 1. The van der Waals surface area contributed by atoms with Gasteiger partial charge in [-0.1, -0.05) is 18.2 Å². The van der Waals surface area contributed by atoms with Crippen LogP contribution in [-0.4, -0.2) is 40.1 Å². The quantitative estimate of drug-likeness (QED) is 0.678. The summed E-state index contributed by atoms with van der Waals surface area (Å²) in [4.78, 5) is 22.4. The summed E-state index contributed by atoms with van der Waals surface area (Å²) in [5.74, 6) is 0.0334. The molecule has 4 rings (SSSR count). The highest BCUT2D eigenvalue weighted by Crippen LogP contribution is 2.26. The molecule has 0 spiro atoms. The Labute approximate surface area is 159 Å². The topological polar surface area (TPSA) is 66.0 Å². The SMILES string of the molecule is O=C(NCCN1CCCc2ccccc21)[C@@H](Cc1cnc[nH]1)n1cccc1. The van der Waals surface area contributed by atoms with E-state index in [9.17, 15) is 4.79 Å². The van der Waals surface area contributed by atoms with E-state index in [4.69, 9.17) is 0 Å². The molecule has 6 heteroatoms. The van der Waals surface area contributed by atoms with Crippen LogP contribution in [-0.2, 0) is 17.6 Å². The smallest absolute Gasteiger partial charge is 0.243 e. The Kier molecular flexibility index (Phi) is 5.23. The first kappa shape index (κ1) is 17.4. The van der Waals surface area contributed by atoms with E-state index in [-0.39, 0.29) is 11.9 Å². The standard InChI is InChI=1S/C21H25N5O/c27-21(20(25-10-3-4-11-25)14-18-15-22-16-24-18)23-9-13-26-12-5-7-17-6-1-2-8-19(17)26/h1-4,6,8,10-11,15-16,20H,5,7,9,12-14H2,(H,22,24)(H,23,27)/t20-/m1/s1. The van der Waals surface area contributed by atoms with Gasteiger partial charge in [0.05, 0.1) is 6.33 Å². The van der Waals surface area contributed by atoms with E-state index < -0.39 is 0 Å². The molecule has 0 bridgehead atoms. The van der Waals surface area contributed by atoms with Crippen molar-refractivity contribution in [2.45, 2.75) is 25.3 Å². The van der Waals surface area contributed by atoms with Gasteiger partial charge in [-0.05, 0) is 36.6 Å². The second-order valence-corrected chi connectivity index (χ2v) is 6.94. The van der Waals surface area contributed by atoms with E-state index in [1.165, 1.54) is 11.3 Å². The first-order valence-corrected chi connectivity index (χ1v) is 9.51. The number of amides is 1. The van der Waals surface area contributed by atoms with Gasteiger partial charge in [-0.3, -0.25) is 4.79 Å². The fraction of sp³-hybridized carbons (Fsp3) is 0.333. The molecule has 1 aliphatic rings. The largest absolute Gasteiger partial charge is 0.370 e. The van der Waals surface area contributed by atoms with Crippen molar-refractivity contribution in [3.8, 4) is 0 Å². The van der Waals surface area contributed by atoms with Crippen LogP contribution in [0.5, 0.6) is 0 Å². The highest BCUT2D eigenvalue weighted by molar-refractivity contribution is 5.80. The molecule has 3 aromatic rings. The van der Waals surface area contributed by atoms with E-state index in [1.807, 2.05) is 29.1 Å². The summed E-state index contributed by atoms with van der Waals surface area (Å²) in [5, 5.41) is 3.13. The van der Waals surface area contributed by atoms with Gasteiger partial charge in [-0.2, -0.15) is 0 Å². The Hall–Kier alpha value is -3.02. The molecule has 140 valence electrons. The number of anilines is 1. The summed E-state index contributed by atoms with van der Waals surface area (Å²) in [6.07, 6.45) is 10.2. The summed E-state index contributed by atoms with van der Waals surface area (Å²) in [6.45, 7) is 2.50. The van der Waals surface area contributed by atoms with Crippen LogP contribution in [0, 0.1) is 0 Å². The molecule has 27 heavy (non-hydrogen) atoms. The van der Waals surface area contributed by atoms with Crippen LogP contribution in [0.25, 0.3) is 0 Å². The molecule has 1 amide bonds. The van der Waals surface area contributed by atoms with Crippen molar-refractivity contribution in [1.82, 2.24) is 19.9 Å². The highest BCUT2D eigenvalue weighted by Gasteiger charge is 2.21. The number of nitrogens with zero attached hydrogens (tertiary/aromatic N) is 3. The molecule has 0 saturated heterocycles. The second-order valence-electron chi connectivity index (χ2n) is 6.94. The summed E-state index contributed by atoms with van der Waals surface area (Å²) in [6, 6.07) is 12.2. The van der Waals surface area contributed by atoms with Crippen LogP contribution >= 0.6 is 0 Å². The molecular formula is C21H25N5O. The lowest BCUT2D eigenvalue weighted by atomic mass is 10.0. The minimum Gasteiger partial charge on any atom is -0.370 e. The highest BCUT2D eigenvalue weighted by atomic mass is 16.2. The molecule has 2 aromatic heterocycles. The molecule has 0 unspecified atom stereocenters. The number of rotatable bonds is 7. The average molecular weight is 363 g/mol. The maximum Gasteiger partial charge on any atom is 0.243 e.